The smallest absolute Gasteiger partial charge is 0.163 e. The molecule has 25 heavy (non-hydrogen) atoms. The molecular formula is C19H22ClFN4. The summed E-state index contributed by atoms with van der Waals surface area (Å²) in [5, 5.41) is 3.00. The number of aromatic nitrogens is 1. The van der Waals surface area contributed by atoms with Crippen molar-refractivity contribution in [2.24, 2.45) is 4.99 Å². The number of aliphatic imine (C=N–C) groups is 1. The van der Waals surface area contributed by atoms with Gasteiger partial charge in [-0.2, -0.15) is 0 Å². The predicted octanol–water partition coefficient (Wildman–Crippen LogP) is 4.72. The third-order valence-corrected chi connectivity index (χ3v) is 3.62. The number of hydrogen-bond donors (Lipinski definition) is 2. The zero-order valence-corrected chi connectivity index (χ0v) is 15.1. The van der Waals surface area contributed by atoms with E-state index >= 15 is 0 Å². The van der Waals surface area contributed by atoms with Gasteiger partial charge in [-0.15, -0.1) is 0 Å². The highest BCUT2D eigenvalue weighted by Gasteiger charge is 2.08. The third kappa shape index (κ3) is 6.19. The molecule has 0 aliphatic carbocycles. The lowest BCUT2D eigenvalue weighted by atomic mass is 10.0. The van der Waals surface area contributed by atoms with Gasteiger partial charge in [0.2, 0.25) is 0 Å². The Bertz CT molecular complexity index is 772. The van der Waals surface area contributed by atoms with Crippen LogP contribution in [-0.2, 0) is 12.8 Å². The van der Waals surface area contributed by atoms with Gasteiger partial charge in [0.05, 0.1) is 0 Å². The standard InChI is InChI=1S/C19H22ClFN4/c1-3-17(21)19(24-13(2)20)25-16-6-4-5-14(11-16)7-8-15-9-10-23-18(22)12-15/h3-6,9-13H,7-8H2,1-2H3,(H2,22,23)(H,24,25)/b17-3+. The van der Waals surface area contributed by atoms with Gasteiger partial charge in [-0.05, 0) is 68.2 Å². The van der Waals surface area contributed by atoms with E-state index in [1.54, 1.807) is 20.0 Å². The molecule has 0 saturated heterocycles. The number of hydrogen-bond acceptors (Lipinski definition) is 3. The Balaban J connectivity index is 2.09. The number of allylic oxidation sites excluding steroid dienone is 1. The molecular weight excluding hydrogens is 339 g/mol. The number of amidine groups is 1. The summed E-state index contributed by atoms with van der Waals surface area (Å²) in [5.41, 5.74) is 8.20. The number of halogens is 2. The fourth-order valence-electron chi connectivity index (χ4n) is 2.35. The molecule has 0 radical (unpaired) electrons. The fourth-order valence-corrected chi connectivity index (χ4v) is 2.45. The van der Waals surface area contributed by atoms with Gasteiger partial charge in [-0.3, -0.25) is 0 Å². The third-order valence-electron chi connectivity index (χ3n) is 3.52. The van der Waals surface area contributed by atoms with Crippen LogP contribution < -0.4 is 11.1 Å². The van der Waals surface area contributed by atoms with E-state index in [0.29, 0.717) is 5.82 Å². The molecule has 0 spiro atoms. The number of anilines is 2. The number of nitrogen functional groups attached to an aromatic ring is 1. The van der Waals surface area contributed by atoms with E-state index in [2.05, 4.69) is 15.3 Å². The quantitative estimate of drug-likeness (QED) is 0.339. The van der Waals surface area contributed by atoms with Crippen LogP contribution in [0.15, 0.2) is 59.5 Å². The van der Waals surface area contributed by atoms with Crippen LogP contribution in [0.5, 0.6) is 0 Å². The zero-order valence-electron chi connectivity index (χ0n) is 14.3. The average Bonchev–Trinajstić information content (AvgIpc) is 2.59. The van der Waals surface area contributed by atoms with E-state index in [1.807, 2.05) is 36.4 Å². The molecule has 6 heteroatoms. The first-order valence-electron chi connectivity index (χ1n) is 8.08. The Kier molecular flexibility index (Phi) is 6.95. The molecule has 0 saturated carbocycles. The van der Waals surface area contributed by atoms with Crippen molar-refractivity contribution in [3.63, 3.8) is 0 Å². The summed E-state index contributed by atoms with van der Waals surface area (Å²) in [6.45, 7) is 3.30. The van der Waals surface area contributed by atoms with Crippen molar-refractivity contribution in [3.05, 3.63) is 65.6 Å². The Morgan fingerprint density at radius 1 is 1.32 bits per heavy atom. The maximum Gasteiger partial charge on any atom is 0.163 e. The van der Waals surface area contributed by atoms with Crippen LogP contribution in [0.2, 0.25) is 0 Å². The molecule has 132 valence electrons. The normalized spacial score (nSPS) is 13.6. The molecule has 4 nitrogen and oxygen atoms in total. The van der Waals surface area contributed by atoms with Gasteiger partial charge in [-0.25, -0.2) is 14.4 Å². The molecule has 1 aromatic heterocycles. The van der Waals surface area contributed by atoms with Gasteiger partial charge in [-0.1, -0.05) is 23.7 Å². The fraction of sp³-hybridized carbons (Fsp3) is 0.263. The number of nitrogens with one attached hydrogen (secondary N) is 1. The Labute approximate surface area is 152 Å². The van der Waals surface area contributed by atoms with Gasteiger partial charge in [0, 0.05) is 11.9 Å². The number of alkyl halides is 1. The summed E-state index contributed by atoms with van der Waals surface area (Å²) in [6.07, 6.45) is 4.74. The first-order valence-corrected chi connectivity index (χ1v) is 8.52. The SMILES string of the molecule is C/C=C(F)\C(=N/C(C)Cl)Nc1cccc(CCc2ccnc(N)c2)c1. The monoisotopic (exact) mass is 360 g/mol. The number of nitrogens with zero attached hydrogens (tertiary/aromatic N) is 2. The van der Waals surface area contributed by atoms with E-state index in [4.69, 9.17) is 17.3 Å². The minimum Gasteiger partial charge on any atom is -0.384 e. The molecule has 2 rings (SSSR count). The summed E-state index contributed by atoms with van der Waals surface area (Å²) < 4.78 is 13.9. The topological polar surface area (TPSA) is 63.3 Å². The van der Waals surface area contributed by atoms with Gasteiger partial charge >= 0.3 is 0 Å². The predicted molar refractivity (Wildman–Crippen MR) is 104 cm³/mol. The van der Waals surface area contributed by atoms with Gasteiger partial charge in [0.15, 0.2) is 11.7 Å². The van der Waals surface area contributed by atoms with Crippen LogP contribution in [0.3, 0.4) is 0 Å². The summed E-state index contributed by atoms with van der Waals surface area (Å²) in [7, 11) is 0. The summed E-state index contributed by atoms with van der Waals surface area (Å²) in [6, 6.07) is 11.6. The molecule has 3 N–H and O–H groups in total. The van der Waals surface area contributed by atoms with Crippen molar-refractivity contribution in [1.29, 1.82) is 0 Å². The van der Waals surface area contributed by atoms with Crippen LogP contribution in [0.25, 0.3) is 0 Å². The van der Waals surface area contributed by atoms with Crippen molar-refractivity contribution in [2.45, 2.75) is 32.2 Å². The van der Waals surface area contributed by atoms with Crippen LogP contribution in [0.1, 0.15) is 25.0 Å². The summed E-state index contributed by atoms with van der Waals surface area (Å²) in [4.78, 5) is 8.08. The average molecular weight is 361 g/mol. The van der Waals surface area contributed by atoms with Gasteiger partial charge in [0.1, 0.15) is 11.3 Å². The van der Waals surface area contributed by atoms with Crippen molar-refractivity contribution in [3.8, 4) is 0 Å². The Morgan fingerprint density at radius 2 is 2.04 bits per heavy atom. The molecule has 0 aliphatic heterocycles. The minimum atomic E-state index is -0.520. The first kappa shape index (κ1) is 18.9. The van der Waals surface area contributed by atoms with Crippen LogP contribution in [-0.4, -0.2) is 16.3 Å². The molecule has 1 aromatic carbocycles. The molecule has 1 heterocycles. The zero-order chi connectivity index (χ0) is 18.2. The van der Waals surface area contributed by atoms with Crippen LogP contribution in [0, 0.1) is 0 Å². The lowest BCUT2D eigenvalue weighted by Crippen LogP contribution is -2.15. The van der Waals surface area contributed by atoms with Gasteiger partial charge in [0.25, 0.3) is 0 Å². The lowest BCUT2D eigenvalue weighted by Gasteiger charge is -2.11. The maximum atomic E-state index is 13.9. The largest absolute Gasteiger partial charge is 0.384 e. The highest BCUT2D eigenvalue weighted by atomic mass is 35.5. The molecule has 0 aliphatic rings. The highest BCUT2D eigenvalue weighted by molar-refractivity contribution is 6.21. The van der Waals surface area contributed by atoms with E-state index in [-0.39, 0.29) is 5.84 Å². The second kappa shape index (κ2) is 9.18. The van der Waals surface area contributed by atoms with E-state index in [1.165, 1.54) is 6.08 Å². The second-order valence-corrected chi connectivity index (χ2v) is 6.23. The second-order valence-electron chi connectivity index (χ2n) is 5.60. The van der Waals surface area contributed by atoms with E-state index < -0.39 is 11.3 Å². The minimum absolute atomic E-state index is 0.129. The molecule has 0 bridgehead atoms. The maximum absolute atomic E-state index is 13.9. The highest BCUT2D eigenvalue weighted by Crippen LogP contribution is 2.16. The van der Waals surface area contributed by atoms with E-state index in [9.17, 15) is 4.39 Å². The Morgan fingerprint density at radius 3 is 2.68 bits per heavy atom. The van der Waals surface area contributed by atoms with Gasteiger partial charge < -0.3 is 11.1 Å². The molecule has 1 unspecified atom stereocenters. The first-order chi connectivity index (χ1) is 12.0. The van der Waals surface area contributed by atoms with Crippen LogP contribution >= 0.6 is 11.6 Å². The van der Waals surface area contributed by atoms with Crippen LogP contribution in [0.4, 0.5) is 15.9 Å². The van der Waals surface area contributed by atoms with Crippen molar-refractivity contribution < 1.29 is 4.39 Å². The summed E-state index contributed by atoms with van der Waals surface area (Å²) in [5.74, 6) is 0.208. The van der Waals surface area contributed by atoms with Crippen molar-refractivity contribution in [1.82, 2.24) is 4.98 Å². The lowest BCUT2D eigenvalue weighted by molar-refractivity contribution is 0.677. The molecule has 0 fully saturated rings. The van der Waals surface area contributed by atoms with Crippen molar-refractivity contribution in [2.75, 3.05) is 11.1 Å². The Hall–Kier alpha value is -2.40. The number of aryl methyl sites for hydroxylation is 2. The molecule has 1 atom stereocenters. The number of pyridine rings is 1. The molecule has 2 aromatic rings. The number of nitrogens with two attached hydrogens (primary N) is 1. The van der Waals surface area contributed by atoms with Crippen molar-refractivity contribution >= 4 is 28.9 Å². The number of rotatable bonds is 6. The number of benzene rings is 1. The summed E-state index contributed by atoms with van der Waals surface area (Å²) >= 11 is 5.86. The molecule has 0 amide bonds. The van der Waals surface area contributed by atoms with E-state index in [0.717, 1.165) is 29.7 Å².